The van der Waals surface area contributed by atoms with E-state index in [9.17, 15) is 0 Å². The molecule has 0 spiro atoms. The van der Waals surface area contributed by atoms with Crippen molar-refractivity contribution in [3.63, 3.8) is 0 Å². The number of allylic oxidation sites excluding steroid dienone is 1. The summed E-state index contributed by atoms with van der Waals surface area (Å²) in [7, 11) is 0. The normalized spacial score (nSPS) is 12.8. The monoisotopic (exact) mass is 400 g/mol. The van der Waals surface area contributed by atoms with Gasteiger partial charge in [-0.05, 0) is 77.3 Å². The van der Waals surface area contributed by atoms with Gasteiger partial charge >= 0.3 is 0 Å². The zero-order chi connectivity index (χ0) is 20.1. The van der Waals surface area contributed by atoms with Gasteiger partial charge < -0.3 is 0 Å². The number of fused-ring (bicyclic) bond motifs is 1. The Labute approximate surface area is 180 Å². The van der Waals surface area contributed by atoms with E-state index in [1.165, 1.54) is 88.1 Å². The number of hydrogen-bond acceptors (Lipinski definition) is 1. The highest BCUT2D eigenvalue weighted by molar-refractivity contribution is 7.13. The molecular weight excluding hydrogens is 368 g/mol. The van der Waals surface area contributed by atoms with Crippen molar-refractivity contribution in [2.45, 2.75) is 65.2 Å². The maximum absolute atomic E-state index is 2.44. The average Bonchev–Trinajstić information content (AvgIpc) is 3.39. The number of rotatable bonds is 9. The average molecular weight is 401 g/mol. The molecule has 0 radical (unpaired) electrons. The van der Waals surface area contributed by atoms with Gasteiger partial charge in [0.15, 0.2) is 0 Å². The van der Waals surface area contributed by atoms with Crippen molar-refractivity contribution in [2.24, 2.45) is 0 Å². The van der Waals surface area contributed by atoms with E-state index in [-0.39, 0.29) is 0 Å². The van der Waals surface area contributed by atoms with Crippen LogP contribution in [0.2, 0.25) is 0 Å². The number of unbranched alkanes of at least 4 members (excludes halogenated alkanes) is 3. The SMILES string of the molecule is CCCCCCc1ccc(-c2cccc3c2C=C(c2ccc(CCC)s2)C3)cc1. The Morgan fingerprint density at radius 2 is 1.66 bits per heavy atom. The van der Waals surface area contributed by atoms with Crippen LogP contribution < -0.4 is 0 Å². The zero-order valence-corrected chi connectivity index (χ0v) is 18.7. The second-order valence-corrected chi connectivity index (χ2v) is 9.42. The minimum Gasteiger partial charge on any atom is -0.141 e. The molecule has 0 unspecified atom stereocenters. The minimum atomic E-state index is 1.06. The molecule has 0 bridgehead atoms. The highest BCUT2D eigenvalue weighted by Gasteiger charge is 2.18. The first kappa shape index (κ1) is 20.2. The van der Waals surface area contributed by atoms with Crippen LogP contribution in [0.5, 0.6) is 0 Å². The van der Waals surface area contributed by atoms with Gasteiger partial charge in [0, 0.05) is 9.75 Å². The zero-order valence-electron chi connectivity index (χ0n) is 17.8. The maximum Gasteiger partial charge on any atom is 0.0308 e. The Balaban J connectivity index is 1.53. The van der Waals surface area contributed by atoms with E-state index in [1.807, 2.05) is 11.3 Å². The van der Waals surface area contributed by atoms with Crippen molar-refractivity contribution < 1.29 is 0 Å². The highest BCUT2D eigenvalue weighted by atomic mass is 32.1. The third-order valence-corrected chi connectivity index (χ3v) is 7.17. The predicted molar refractivity (Wildman–Crippen MR) is 130 cm³/mol. The Morgan fingerprint density at radius 3 is 2.45 bits per heavy atom. The van der Waals surface area contributed by atoms with Crippen molar-refractivity contribution in [3.8, 4) is 11.1 Å². The first-order chi connectivity index (χ1) is 14.3. The summed E-state index contributed by atoms with van der Waals surface area (Å²) in [5.74, 6) is 0. The van der Waals surface area contributed by atoms with Crippen LogP contribution in [0, 0.1) is 0 Å². The third kappa shape index (κ3) is 4.73. The molecule has 0 saturated carbocycles. The van der Waals surface area contributed by atoms with Crippen molar-refractivity contribution >= 4 is 23.0 Å². The lowest BCUT2D eigenvalue weighted by atomic mass is 9.95. The molecule has 0 aliphatic heterocycles. The lowest BCUT2D eigenvalue weighted by molar-refractivity contribution is 0.667. The van der Waals surface area contributed by atoms with Gasteiger partial charge in [-0.25, -0.2) is 0 Å². The summed E-state index contributed by atoms with van der Waals surface area (Å²) in [6.07, 6.45) is 12.4. The van der Waals surface area contributed by atoms with Gasteiger partial charge in [-0.2, -0.15) is 0 Å². The van der Waals surface area contributed by atoms with Gasteiger partial charge in [0.1, 0.15) is 0 Å². The first-order valence-electron chi connectivity index (χ1n) is 11.3. The van der Waals surface area contributed by atoms with Gasteiger partial charge in [-0.3, -0.25) is 0 Å². The van der Waals surface area contributed by atoms with Crippen molar-refractivity contribution in [1.82, 2.24) is 0 Å². The minimum absolute atomic E-state index is 1.06. The van der Waals surface area contributed by atoms with E-state index in [2.05, 4.69) is 74.5 Å². The van der Waals surface area contributed by atoms with Crippen LogP contribution in [0.4, 0.5) is 0 Å². The molecule has 1 aliphatic carbocycles. The fourth-order valence-electron chi connectivity index (χ4n) is 4.32. The standard InChI is InChI=1S/C28H32S/c1-3-5-6-7-10-21-13-15-22(16-14-21)26-12-8-11-23-19-24(20-27(23)26)28-18-17-25(29-28)9-4-2/h8,11-18,20H,3-7,9-10,19H2,1-2H3. The van der Waals surface area contributed by atoms with Gasteiger partial charge in [0.05, 0.1) is 0 Å². The van der Waals surface area contributed by atoms with Crippen LogP contribution in [0.25, 0.3) is 22.8 Å². The molecule has 2 aromatic carbocycles. The predicted octanol–water partition coefficient (Wildman–Crippen LogP) is 8.59. The molecule has 0 fully saturated rings. The second-order valence-electron chi connectivity index (χ2n) is 8.25. The summed E-state index contributed by atoms with van der Waals surface area (Å²) >= 11 is 1.97. The van der Waals surface area contributed by atoms with Gasteiger partial charge in [-0.1, -0.05) is 82.0 Å². The topological polar surface area (TPSA) is 0 Å². The Hall–Kier alpha value is -2.12. The number of hydrogen-bond donors (Lipinski definition) is 0. The molecule has 1 aromatic heterocycles. The van der Waals surface area contributed by atoms with E-state index in [0.29, 0.717) is 0 Å². The summed E-state index contributed by atoms with van der Waals surface area (Å²) in [5.41, 5.74) is 8.55. The van der Waals surface area contributed by atoms with Crippen molar-refractivity contribution in [2.75, 3.05) is 0 Å². The molecule has 0 amide bonds. The molecule has 1 heteroatoms. The van der Waals surface area contributed by atoms with Crippen LogP contribution in [-0.2, 0) is 19.3 Å². The molecule has 29 heavy (non-hydrogen) atoms. The summed E-state index contributed by atoms with van der Waals surface area (Å²) in [6, 6.07) is 20.7. The van der Waals surface area contributed by atoms with E-state index in [1.54, 1.807) is 0 Å². The van der Waals surface area contributed by atoms with E-state index < -0.39 is 0 Å². The van der Waals surface area contributed by atoms with Crippen LogP contribution in [0.3, 0.4) is 0 Å². The van der Waals surface area contributed by atoms with Crippen molar-refractivity contribution in [1.29, 1.82) is 0 Å². The van der Waals surface area contributed by atoms with Crippen LogP contribution >= 0.6 is 11.3 Å². The van der Waals surface area contributed by atoms with Crippen molar-refractivity contribution in [3.05, 3.63) is 81.0 Å². The first-order valence-corrected chi connectivity index (χ1v) is 12.1. The molecule has 0 atom stereocenters. The maximum atomic E-state index is 2.44. The lowest BCUT2D eigenvalue weighted by Gasteiger charge is -2.09. The Morgan fingerprint density at radius 1 is 0.793 bits per heavy atom. The molecule has 0 N–H and O–H groups in total. The second kappa shape index (κ2) is 9.59. The van der Waals surface area contributed by atoms with Gasteiger partial charge in [-0.15, -0.1) is 11.3 Å². The molecule has 0 nitrogen and oxygen atoms in total. The van der Waals surface area contributed by atoms with Gasteiger partial charge in [0.2, 0.25) is 0 Å². The highest BCUT2D eigenvalue weighted by Crippen LogP contribution is 2.39. The van der Waals surface area contributed by atoms with Gasteiger partial charge in [0.25, 0.3) is 0 Å². The Bertz CT molecular complexity index is 972. The largest absolute Gasteiger partial charge is 0.141 e. The Kier molecular flexibility index (Phi) is 6.67. The summed E-state index contributed by atoms with van der Waals surface area (Å²) in [4.78, 5) is 2.95. The van der Waals surface area contributed by atoms with E-state index >= 15 is 0 Å². The molecule has 1 heterocycles. The molecule has 3 aromatic rings. The fourth-order valence-corrected chi connectivity index (χ4v) is 5.44. The van der Waals surface area contributed by atoms with E-state index in [4.69, 9.17) is 0 Å². The van der Waals surface area contributed by atoms with Crippen LogP contribution in [0.1, 0.15) is 72.4 Å². The summed E-state index contributed by atoms with van der Waals surface area (Å²) in [5, 5.41) is 0. The molecule has 4 rings (SSSR count). The van der Waals surface area contributed by atoms with Crippen LogP contribution in [-0.4, -0.2) is 0 Å². The number of benzene rings is 2. The fraction of sp³-hybridized carbons (Fsp3) is 0.357. The summed E-state index contributed by atoms with van der Waals surface area (Å²) < 4.78 is 0. The smallest absolute Gasteiger partial charge is 0.0308 e. The summed E-state index contributed by atoms with van der Waals surface area (Å²) in [6.45, 7) is 4.53. The van der Waals surface area contributed by atoms with E-state index in [0.717, 1.165) is 6.42 Å². The molecule has 1 aliphatic rings. The third-order valence-electron chi connectivity index (χ3n) is 5.95. The molecule has 150 valence electrons. The number of aryl methyl sites for hydroxylation is 2. The quantitative estimate of drug-likeness (QED) is 0.315. The number of thiophene rings is 1. The molecular formula is C28H32S. The van der Waals surface area contributed by atoms with Crippen LogP contribution in [0.15, 0.2) is 54.6 Å². The molecule has 0 saturated heterocycles. The lowest BCUT2D eigenvalue weighted by Crippen LogP contribution is -1.89.